The number of nitrogens with zero attached hydrogens (tertiary/aromatic N) is 4. The number of rotatable bonds is 10. The van der Waals surface area contributed by atoms with E-state index in [1.165, 1.54) is 10.6 Å². The smallest absolute Gasteiger partial charge is 0.293 e. The fraction of sp³-hybridized carbons (Fsp3) is 0.219. The van der Waals surface area contributed by atoms with Crippen molar-refractivity contribution < 1.29 is 10.2 Å². The van der Waals surface area contributed by atoms with Crippen molar-refractivity contribution in [2.45, 2.75) is 45.3 Å². The van der Waals surface area contributed by atoms with E-state index in [0.717, 1.165) is 48.9 Å². The summed E-state index contributed by atoms with van der Waals surface area (Å²) in [6.45, 7) is 1.90. The van der Waals surface area contributed by atoms with Crippen LogP contribution in [0.2, 0.25) is 0 Å². The van der Waals surface area contributed by atoms with Crippen LogP contribution in [0.1, 0.15) is 36.0 Å². The molecule has 0 fully saturated rings. The van der Waals surface area contributed by atoms with Gasteiger partial charge in [0.15, 0.2) is 11.5 Å². The van der Waals surface area contributed by atoms with E-state index in [-0.39, 0.29) is 22.6 Å². The summed E-state index contributed by atoms with van der Waals surface area (Å²) in [5.74, 6) is -0.332. The first-order chi connectivity index (χ1) is 19.5. The first-order valence-corrected chi connectivity index (χ1v) is 13.3. The van der Waals surface area contributed by atoms with Crippen LogP contribution in [-0.4, -0.2) is 28.9 Å². The predicted octanol–water partition coefficient (Wildman–Crippen LogP) is 4.81. The normalized spacial score (nSPS) is 10.6. The van der Waals surface area contributed by atoms with Crippen LogP contribution in [0.15, 0.2) is 120 Å². The fourth-order valence-corrected chi connectivity index (χ4v) is 4.34. The summed E-state index contributed by atoms with van der Waals surface area (Å²) in [6.07, 6.45) is 12.8. The van der Waals surface area contributed by atoms with Crippen LogP contribution < -0.4 is 11.1 Å². The predicted molar refractivity (Wildman–Crippen MR) is 156 cm³/mol. The molecule has 8 heteroatoms. The zero-order valence-corrected chi connectivity index (χ0v) is 22.3. The highest BCUT2D eigenvalue weighted by atomic mass is 16.3. The van der Waals surface area contributed by atoms with E-state index in [1.807, 2.05) is 79.3 Å². The second-order valence-electron chi connectivity index (χ2n) is 9.53. The minimum atomic E-state index is -0.360. The molecule has 0 aliphatic rings. The van der Waals surface area contributed by atoms with Crippen LogP contribution in [0.4, 0.5) is 0 Å². The van der Waals surface area contributed by atoms with E-state index < -0.39 is 0 Å². The molecule has 206 valence electrons. The third kappa shape index (κ3) is 8.07. The lowest BCUT2D eigenvalue weighted by molar-refractivity contribution is 0.449. The Balaban J connectivity index is 0.000000210. The summed E-state index contributed by atoms with van der Waals surface area (Å²) in [5, 5.41) is 19.5. The second-order valence-corrected chi connectivity index (χ2v) is 9.53. The molecule has 5 aromatic rings. The molecule has 0 saturated heterocycles. The molecule has 2 aromatic carbocycles. The van der Waals surface area contributed by atoms with Gasteiger partial charge >= 0.3 is 0 Å². The SMILES string of the molecule is O=c1c(O)c(CCCCCn2ccnc2)ccn1Cc1ccccc1.O=c1c(O)cccn1Cc1ccccc1. The van der Waals surface area contributed by atoms with Gasteiger partial charge in [-0.1, -0.05) is 67.1 Å². The molecule has 0 aliphatic carbocycles. The molecule has 0 bridgehead atoms. The lowest BCUT2D eigenvalue weighted by Gasteiger charge is -2.10. The van der Waals surface area contributed by atoms with E-state index in [2.05, 4.69) is 9.55 Å². The van der Waals surface area contributed by atoms with Gasteiger partial charge in [-0.3, -0.25) is 9.59 Å². The van der Waals surface area contributed by atoms with Crippen molar-refractivity contribution in [3.8, 4) is 11.5 Å². The van der Waals surface area contributed by atoms with Crippen molar-refractivity contribution in [3.05, 3.63) is 147 Å². The Bertz CT molecular complexity index is 1580. The third-order valence-electron chi connectivity index (χ3n) is 6.54. The van der Waals surface area contributed by atoms with Gasteiger partial charge in [-0.25, -0.2) is 4.98 Å². The Kier molecular flexibility index (Phi) is 10.1. The zero-order valence-electron chi connectivity index (χ0n) is 22.3. The minimum Gasteiger partial charge on any atom is -0.503 e. The molecule has 2 N–H and O–H groups in total. The van der Waals surface area contributed by atoms with Gasteiger partial charge in [-0.05, 0) is 48.6 Å². The number of unbranched alkanes of at least 4 members (excludes halogenated alkanes) is 2. The van der Waals surface area contributed by atoms with E-state index in [0.29, 0.717) is 13.1 Å². The number of hydrogen-bond acceptors (Lipinski definition) is 5. The van der Waals surface area contributed by atoms with Gasteiger partial charge in [0.05, 0.1) is 19.4 Å². The molecule has 0 atom stereocenters. The van der Waals surface area contributed by atoms with Crippen LogP contribution in [-0.2, 0) is 26.1 Å². The molecule has 0 spiro atoms. The van der Waals surface area contributed by atoms with E-state index in [4.69, 9.17) is 0 Å². The van der Waals surface area contributed by atoms with Gasteiger partial charge in [0.25, 0.3) is 11.1 Å². The molecule has 5 rings (SSSR count). The average Bonchev–Trinajstić information content (AvgIpc) is 3.50. The van der Waals surface area contributed by atoms with E-state index in [9.17, 15) is 19.8 Å². The lowest BCUT2D eigenvalue weighted by atomic mass is 10.1. The van der Waals surface area contributed by atoms with Crippen molar-refractivity contribution in [2.24, 2.45) is 0 Å². The lowest BCUT2D eigenvalue weighted by Crippen LogP contribution is -2.20. The third-order valence-corrected chi connectivity index (χ3v) is 6.54. The standard InChI is InChI=1S/C20H23N3O2.C12H11NO2/c24-19-18(9-5-2-6-12-22-14-11-21-16-22)10-13-23(20(19)25)15-17-7-3-1-4-8-17;14-11-7-4-8-13(12(11)15)9-10-5-2-1-3-6-10/h1,3-4,7-8,10-11,13-14,16,24H,2,5-6,9,12,15H2;1-8,14H,9H2. The Labute approximate surface area is 233 Å². The van der Waals surface area contributed by atoms with Gasteiger partial charge in [0.1, 0.15) is 0 Å². The number of benzene rings is 2. The summed E-state index contributed by atoms with van der Waals surface area (Å²) >= 11 is 0. The van der Waals surface area contributed by atoms with Crippen LogP contribution in [0.5, 0.6) is 11.5 Å². The molecular weight excluding hydrogens is 504 g/mol. The molecule has 8 nitrogen and oxygen atoms in total. The quantitative estimate of drug-likeness (QED) is 0.248. The number of hydrogen-bond donors (Lipinski definition) is 2. The number of pyridine rings is 2. The van der Waals surface area contributed by atoms with Crippen molar-refractivity contribution in [1.29, 1.82) is 0 Å². The Morgan fingerprint density at radius 1 is 0.650 bits per heavy atom. The van der Waals surface area contributed by atoms with E-state index in [1.54, 1.807) is 29.2 Å². The maximum atomic E-state index is 12.3. The molecule has 0 saturated carbocycles. The number of aromatic nitrogens is 4. The zero-order chi connectivity index (χ0) is 28.2. The molecule has 3 aromatic heterocycles. The van der Waals surface area contributed by atoms with Crippen molar-refractivity contribution in [3.63, 3.8) is 0 Å². The first-order valence-electron chi connectivity index (χ1n) is 13.3. The largest absolute Gasteiger partial charge is 0.503 e. The van der Waals surface area contributed by atoms with Gasteiger partial charge in [-0.15, -0.1) is 0 Å². The molecule has 0 unspecified atom stereocenters. The van der Waals surface area contributed by atoms with Gasteiger partial charge in [0, 0.05) is 36.9 Å². The molecule has 40 heavy (non-hydrogen) atoms. The highest BCUT2D eigenvalue weighted by Crippen LogP contribution is 2.15. The summed E-state index contributed by atoms with van der Waals surface area (Å²) in [7, 11) is 0. The maximum Gasteiger partial charge on any atom is 0.293 e. The van der Waals surface area contributed by atoms with Gasteiger partial charge in [-0.2, -0.15) is 0 Å². The monoisotopic (exact) mass is 538 g/mol. The summed E-state index contributed by atoms with van der Waals surface area (Å²) in [4.78, 5) is 27.8. The van der Waals surface area contributed by atoms with E-state index >= 15 is 0 Å². The minimum absolute atomic E-state index is 0.118. The number of aryl methyl sites for hydroxylation is 2. The van der Waals surface area contributed by atoms with Crippen molar-refractivity contribution in [1.82, 2.24) is 18.7 Å². The van der Waals surface area contributed by atoms with Gasteiger partial charge < -0.3 is 23.9 Å². The second kappa shape index (κ2) is 14.3. The van der Waals surface area contributed by atoms with Crippen LogP contribution in [0.3, 0.4) is 0 Å². The Morgan fingerprint density at radius 2 is 1.30 bits per heavy atom. The Hall–Kier alpha value is -4.85. The molecule has 0 aliphatic heterocycles. The van der Waals surface area contributed by atoms with Crippen LogP contribution in [0.25, 0.3) is 0 Å². The highest BCUT2D eigenvalue weighted by molar-refractivity contribution is 5.30. The average molecular weight is 539 g/mol. The summed E-state index contributed by atoms with van der Waals surface area (Å²) in [5.41, 5.74) is 2.12. The highest BCUT2D eigenvalue weighted by Gasteiger charge is 2.09. The Morgan fingerprint density at radius 3 is 1.93 bits per heavy atom. The van der Waals surface area contributed by atoms with Crippen molar-refractivity contribution in [2.75, 3.05) is 0 Å². The van der Waals surface area contributed by atoms with Gasteiger partial charge in [0.2, 0.25) is 0 Å². The molecule has 3 heterocycles. The summed E-state index contributed by atoms with van der Waals surface area (Å²) in [6, 6.07) is 24.3. The summed E-state index contributed by atoms with van der Waals surface area (Å²) < 4.78 is 5.08. The molecular formula is C32H34N4O4. The molecule has 0 amide bonds. The van der Waals surface area contributed by atoms with Crippen LogP contribution in [0, 0.1) is 0 Å². The maximum absolute atomic E-state index is 12.3. The number of imidazole rings is 1. The topological polar surface area (TPSA) is 102 Å². The molecule has 0 radical (unpaired) electrons. The number of aromatic hydroxyl groups is 2. The first kappa shape index (κ1) is 28.2. The fourth-order valence-electron chi connectivity index (χ4n) is 4.34. The van der Waals surface area contributed by atoms with Crippen LogP contribution >= 0.6 is 0 Å². The van der Waals surface area contributed by atoms with Crippen molar-refractivity contribution >= 4 is 0 Å².